The van der Waals surface area contributed by atoms with Crippen LogP contribution in [0.3, 0.4) is 0 Å². The highest BCUT2D eigenvalue weighted by Crippen LogP contribution is 2.31. The van der Waals surface area contributed by atoms with Gasteiger partial charge in [0, 0.05) is 30.1 Å². The number of carbonyl (C=O) groups is 1. The van der Waals surface area contributed by atoms with Gasteiger partial charge in [0.15, 0.2) is 0 Å². The second-order valence-electron chi connectivity index (χ2n) is 8.72. The van der Waals surface area contributed by atoms with Crippen molar-refractivity contribution in [3.8, 4) is 11.5 Å². The second kappa shape index (κ2) is 10.6. The molecular weight excluding hydrogens is 440 g/mol. The molecule has 1 amide bonds. The molecule has 0 radical (unpaired) electrons. The molecule has 0 aliphatic carbocycles. The molecule has 1 aliphatic heterocycles. The molecule has 3 heterocycles. The van der Waals surface area contributed by atoms with E-state index in [9.17, 15) is 4.79 Å². The van der Waals surface area contributed by atoms with Crippen molar-refractivity contribution in [3.63, 3.8) is 0 Å². The summed E-state index contributed by atoms with van der Waals surface area (Å²) in [5.41, 5.74) is 3.44. The van der Waals surface area contributed by atoms with E-state index in [1.54, 1.807) is 19.2 Å². The van der Waals surface area contributed by atoms with E-state index >= 15 is 0 Å². The highest BCUT2D eigenvalue weighted by Gasteiger charge is 2.26. The number of fused-ring (bicyclic) bond motifs is 1. The summed E-state index contributed by atoms with van der Waals surface area (Å²) in [6, 6.07) is 21.2. The maximum absolute atomic E-state index is 12.9. The van der Waals surface area contributed by atoms with Crippen LogP contribution in [-0.4, -0.2) is 46.9 Å². The highest BCUT2D eigenvalue weighted by molar-refractivity contribution is 5.94. The molecule has 35 heavy (non-hydrogen) atoms. The van der Waals surface area contributed by atoms with Gasteiger partial charge in [-0.2, -0.15) is 0 Å². The minimum Gasteiger partial charge on any atom is -0.496 e. The topological polar surface area (TPSA) is 68.1 Å². The van der Waals surface area contributed by atoms with Gasteiger partial charge in [-0.25, -0.2) is 4.98 Å². The molecule has 0 bridgehead atoms. The molecule has 0 unspecified atom stereocenters. The minimum absolute atomic E-state index is 0.0747. The normalized spacial score (nSPS) is 14.7. The number of methoxy groups -OCH3 is 1. The Hall–Kier alpha value is -3.84. The van der Waals surface area contributed by atoms with Crippen molar-refractivity contribution < 1.29 is 14.3 Å². The van der Waals surface area contributed by atoms with Gasteiger partial charge in [-0.1, -0.05) is 24.3 Å². The van der Waals surface area contributed by atoms with E-state index < -0.39 is 0 Å². The van der Waals surface area contributed by atoms with Crippen molar-refractivity contribution >= 4 is 11.6 Å². The molecule has 1 atom stereocenters. The fourth-order valence-corrected chi connectivity index (χ4v) is 4.64. The van der Waals surface area contributed by atoms with E-state index in [1.807, 2.05) is 65.3 Å². The third-order valence-electron chi connectivity index (χ3n) is 6.45. The van der Waals surface area contributed by atoms with Crippen molar-refractivity contribution in [3.05, 3.63) is 95.9 Å². The van der Waals surface area contributed by atoms with Gasteiger partial charge in [0.25, 0.3) is 5.91 Å². The van der Waals surface area contributed by atoms with Crippen LogP contribution in [0.1, 0.15) is 40.5 Å². The third-order valence-corrected chi connectivity index (χ3v) is 6.45. The number of rotatable bonds is 9. The van der Waals surface area contributed by atoms with Gasteiger partial charge in [0.1, 0.15) is 23.8 Å². The first-order valence-electron chi connectivity index (χ1n) is 12.0. The molecule has 1 fully saturated rings. The lowest BCUT2D eigenvalue weighted by Crippen LogP contribution is -2.37. The summed E-state index contributed by atoms with van der Waals surface area (Å²) in [4.78, 5) is 19.9. The van der Waals surface area contributed by atoms with Gasteiger partial charge < -0.3 is 19.2 Å². The van der Waals surface area contributed by atoms with Crippen LogP contribution in [0.25, 0.3) is 5.65 Å². The first kappa shape index (κ1) is 22.9. The number of amides is 1. The Balaban J connectivity index is 1.20. The summed E-state index contributed by atoms with van der Waals surface area (Å²) in [5, 5.41) is 3.13. The monoisotopic (exact) mass is 470 g/mol. The zero-order chi connectivity index (χ0) is 24.0. The molecule has 2 aromatic heterocycles. The average Bonchev–Trinajstić information content (AvgIpc) is 3.58. The SMILES string of the molecule is COc1ccccc1[C@H](CNC(=O)c1ccc(OCc2cn3ccccc3n2)cc1)N1CCCC1. The van der Waals surface area contributed by atoms with Crippen molar-refractivity contribution in [2.24, 2.45) is 0 Å². The molecule has 7 heteroatoms. The number of nitrogens with one attached hydrogen (secondary N) is 1. The molecule has 1 aliphatic rings. The number of nitrogens with zero attached hydrogens (tertiary/aromatic N) is 3. The molecule has 5 rings (SSSR count). The standard InChI is InChI=1S/C28H30N4O3/c1-34-26-9-3-2-8-24(26)25(31-15-6-7-16-31)18-29-28(33)21-11-13-23(14-12-21)35-20-22-19-32-17-5-4-10-27(32)30-22/h2-5,8-14,17,19,25H,6-7,15-16,18,20H2,1H3,(H,29,33)/t25-/m0/s1. The van der Waals surface area contributed by atoms with Crippen LogP contribution in [0.2, 0.25) is 0 Å². The quantitative estimate of drug-likeness (QED) is 0.390. The number of aromatic nitrogens is 2. The summed E-state index contributed by atoms with van der Waals surface area (Å²) in [7, 11) is 1.69. The first-order valence-corrected chi connectivity index (χ1v) is 12.0. The van der Waals surface area contributed by atoms with Gasteiger partial charge in [-0.3, -0.25) is 9.69 Å². The van der Waals surface area contributed by atoms with Gasteiger partial charge in [0.05, 0.1) is 18.8 Å². The fourth-order valence-electron chi connectivity index (χ4n) is 4.64. The largest absolute Gasteiger partial charge is 0.496 e. The summed E-state index contributed by atoms with van der Waals surface area (Å²) in [6.45, 7) is 2.93. The van der Waals surface area contributed by atoms with Crippen LogP contribution >= 0.6 is 0 Å². The number of likely N-dealkylation sites (tertiary alicyclic amines) is 1. The highest BCUT2D eigenvalue weighted by atomic mass is 16.5. The molecule has 1 N–H and O–H groups in total. The third kappa shape index (κ3) is 5.30. The van der Waals surface area contributed by atoms with E-state index in [0.29, 0.717) is 24.5 Å². The van der Waals surface area contributed by atoms with Crippen LogP contribution in [0.5, 0.6) is 11.5 Å². The number of imidazole rings is 1. The fraction of sp³-hybridized carbons (Fsp3) is 0.286. The summed E-state index contributed by atoms with van der Waals surface area (Å²) in [6.07, 6.45) is 6.27. The maximum Gasteiger partial charge on any atom is 0.251 e. The molecule has 180 valence electrons. The Morgan fingerprint density at radius 2 is 1.80 bits per heavy atom. The van der Waals surface area contributed by atoms with Crippen LogP contribution in [0.15, 0.2) is 79.1 Å². The van der Waals surface area contributed by atoms with E-state index in [1.165, 1.54) is 12.8 Å². The van der Waals surface area contributed by atoms with Crippen molar-refractivity contribution in [1.29, 1.82) is 0 Å². The molecule has 0 spiro atoms. The lowest BCUT2D eigenvalue weighted by atomic mass is 10.0. The first-order chi connectivity index (χ1) is 17.2. The van der Waals surface area contributed by atoms with Crippen molar-refractivity contribution in [2.75, 3.05) is 26.7 Å². The Kier molecular flexibility index (Phi) is 6.95. The number of hydrogen-bond acceptors (Lipinski definition) is 5. The molecule has 1 saturated heterocycles. The molecule has 4 aromatic rings. The molecule has 7 nitrogen and oxygen atoms in total. The van der Waals surface area contributed by atoms with Crippen molar-refractivity contribution in [1.82, 2.24) is 19.6 Å². The smallest absolute Gasteiger partial charge is 0.251 e. The Morgan fingerprint density at radius 3 is 2.57 bits per heavy atom. The van der Waals surface area contributed by atoms with Gasteiger partial charge in [-0.15, -0.1) is 0 Å². The van der Waals surface area contributed by atoms with E-state index in [0.717, 1.165) is 35.7 Å². The van der Waals surface area contributed by atoms with Crippen LogP contribution < -0.4 is 14.8 Å². The average molecular weight is 471 g/mol. The number of pyridine rings is 1. The lowest BCUT2D eigenvalue weighted by molar-refractivity contribution is 0.0937. The van der Waals surface area contributed by atoms with Gasteiger partial charge in [-0.05, 0) is 68.4 Å². The van der Waals surface area contributed by atoms with E-state index in [2.05, 4.69) is 21.3 Å². The number of carbonyl (C=O) groups excluding carboxylic acids is 1. The second-order valence-corrected chi connectivity index (χ2v) is 8.72. The summed E-state index contributed by atoms with van der Waals surface area (Å²) >= 11 is 0. The van der Waals surface area contributed by atoms with Crippen molar-refractivity contribution in [2.45, 2.75) is 25.5 Å². The van der Waals surface area contributed by atoms with E-state index in [4.69, 9.17) is 9.47 Å². The van der Waals surface area contributed by atoms with Gasteiger partial charge in [0.2, 0.25) is 0 Å². The lowest BCUT2D eigenvalue weighted by Gasteiger charge is -2.29. The van der Waals surface area contributed by atoms with Crippen LogP contribution in [0, 0.1) is 0 Å². The van der Waals surface area contributed by atoms with Crippen LogP contribution in [0.4, 0.5) is 0 Å². The predicted octanol–water partition coefficient (Wildman–Crippen LogP) is 4.49. The zero-order valence-electron chi connectivity index (χ0n) is 19.9. The summed E-state index contributed by atoms with van der Waals surface area (Å²) < 4.78 is 13.4. The Labute approximate surface area is 205 Å². The molecule has 2 aromatic carbocycles. The molecular formula is C28H30N4O3. The zero-order valence-corrected chi connectivity index (χ0v) is 19.9. The number of para-hydroxylation sites is 1. The maximum atomic E-state index is 12.9. The van der Waals surface area contributed by atoms with E-state index in [-0.39, 0.29) is 11.9 Å². The molecule has 0 saturated carbocycles. The Morgan fingerprint density at radius 1 is 1.03 bits per heavy atom. The number of ether oxygens (including phenoxy) is 2. The van der Waals surface area contributed by atoms with Crippen LogP contribution in [-0.2, 0) is 6.61 Å². The minimum atomic E-state index is -0.101. The number of hydrogen-bond donors (Lipinski definition) is 1. The number of benzene rings is 2. The van der Waals surface area contributed by atoms with Gasteiger partial charge >= 0.3 is 0 Å². The predicted molar refractivity (Wildman–Crippen MR) is 135 cm³/mol. The Bertz CT molecular complexity index is 1250. The summed E-state index contributed by atoms with van der Waals surface area (Å²) in [5.74, 6) is 1.45.